The molecule has 4 heteroatoms. The van der Waals surface area contributed by atoms with Crippen LogP contribution in [-0.4, -0.2) is 10.1 Å². The molecule has 82 valence electrons. The first-order valence-electron chi connectivity index (χ1n) is 4.87. The van der Waals surface area contributed by atoms with E-state index in [-0.39, 0.29) is 17.0 Å². The molecule has 0 unspecified atom stereocenters. The van der Waals surface area contributed by atoms with E-state index in [1.54, 1.807) is 30.3 Å². The van der Waals surface area contributed by atoms with Gasteiger partial charge in [-0.05, 0) is 30.7 Å². The van der Waals surface area contributed by atoms with E-state index in [1.165, 1.54) is 0 Å². The van der Waals surface area contributed by atoms with Crippen molar-refractivity contribution in [2.45, 2.75) is 6.92 Å². The summed E-state index contributed by atoms with van der Waals surface area (Å²) in [5.74, 6) is 0.207. The number of pyridine rings is 1. The number of nitrogens with two attached hydrogens (primary N) is 1. The second-order valence-corrected chi connectivity index (χ2v) is 3.64. The summed E-state index contributed by atoms with van der Waals surface area (Å²) in [6, 6.07) is 8.37. The monoisotopic (exact) mass is 216 g/mol. The van der Waals surface area contributed by atoms with Gasteiger partial charge in [0.25, 0.3) is 5.56 Å². The molecule has 0 aliphatic rings. The van der Waals surface area contributed by atoms with Crippen molar-refractivity contribution in [2.75, 3.05) is 5.73 Å². The molecule has 0 saturated heterocycles. The van der Waals surface area contributed by atoms with Gasteiger partial charge in [-0.25, -0.2) is 0 Å². The van der Waals surface area contributed by atoms with Crippen LogP contribution in [0.4, 0.5) is 5.69 Å². The Kier molecular flexibility index (Phi) is 2.40. The van der Waals surface area contributed by atoms with E-state index < -0.39 is 0 Å². The average molecular weight is 216 g/mol. The van der Waals surface area contributed by atoms with Crippen molar-refractivity contribution >= 4 is 5.69 Å². The van der Waals surface area contributed by atoms with Crippen molar-refractivity contribution in [2.24, 2.45) is 0 Å². The van der Waals surface area contributed by atoms with E-state index >= 15 is 0 Å². The number of rotatable bonds is 1. The lowest BCUT2D eigenvalue weighted by molar-refractivity contribution is 0.475. The molecule has 0 spiro atoms. The molecule has 0 aliphatic heterocycles. The van der Waals surface area contributed by atoms with E-state index in [0.717, 1.165) is 16.8 Å². The van der Waals surface area contributed by atoms with Gasteiger partial charge in [-0.15, -0.1) is 0 Å². The minimum atomic E-state index is -0.278. The molecule has 1 aromatic heterocycles. The molecule has 0 radical (unpaired) electrons. The number of H-pyrrole nitrogens is 1. The molecule has 4 nitrogen and oxygen atoms in total. The highest BCUT2D eigenvalue weighted by molar-refractivity contribution is 5.69. The smallest absolute Gasteiger partial charge is 0.271 e. The average Bonchev–Trinajstić information content (AvgIpc) is 2.25. The van der Waals surface area contributed by atoms with Gasteiger partial charge in [0.2, 0.25) is 0 Å². The Morgan fingerprint density at radius 2 is 1.88 bits per heavy atom. The van der Waals surface area contributed by atoms with E-state index in [9.17, 15) is 9.90 Å². The van der Waals surface area contributed by atoms with Crippen molar-refractivity contribution in [1.29, 1.82) is 0 Å². The van der Waals surface area contributed by atoms with E-state index in [0.29, 0.717) is 0 Å². The summed E-state index contributed by atoms with van der Waals surface area (Å²) in [6.07, 6.45) is 0. The molecule has 0 fully saturated rings. The molecule has 0 atom stereocenters. The molecule has 1 heterocycles. The van der Waals surface area contributed by atoms with Gasteiger partial charge >= 0.3 is 0 Å². The summed E-state index contributed by atoms with van der Waals surface area (Å²) in [5.41, 5.74) is 7.99. The van der Waals surface area contributed by atoms with Crippen LogP contribution in [0.15, 0.2) is 35.1 Å². The lowest BCUT2D eigenvalue weighted by Crippen LogP contribution is -2.13. The zero-order valence-corrected chi connectivity index (χ0v) is 8.82. The van der Waals surface area contributed by atoms with Crippen LogP contribution < -0.4 is 11.3 Å². The molecule has 16 heavy (non-hydrogen) atoms. The zero-order chi connectivity index (χ0) is 11.7. The number of hydrogen-bond donors (Lipinski definition) is 3. The minimum absolute atomic E-state index is 0.189. The standard InChI is InChI=1S/C12H12N2O2/c1-7-10(6-11(13)12(16)14-7)8-2-4-9(15)5-3-8/h2-6,15H,13H2,1H3,(H,14,16). The van der Waals surface area contributed by atoms with Crippen LogP contribution in [0.2, 0.25) is 0 Å². The van der Waals surface area contributed by atoms with Gasteiger partial charge in [-0.2, -0.15) is 0 Å². The number of benzene rings is 1. The van der Waals surface area contributed by atoms with Crippen LogP contribution in [0.1, 0.15) is 5.69 Å². The first-order valence-corrected chi connectivity index (χ1v) is 4.87. The van der Waals surface area contributed by atoms with Gasteiger partial charge in [0.1, 0.15) is 5.75 Å². The predicted molar refractivity (Wildman–Crippen MR) is 63.3 cm³/mol. The lowest BCUT2D eigenvalue weighted by atomic mass is 10.0. The number of nitrogen functional groups attached to an aromatic ring is 1. The Balaban J connectivity index is 2.60. The van der Waals surface area contributed by atoms with Crippen molar-refractivity contribution in [3.8, 4) is 16.9 Å². The predicted octanol–water partition coefficient (Wildman–Crippen LogP) is 1.64. The molecule has 0 saturated carbocycles. The third kappa shape index (κ3) is 1.77. The number of nitrogens with one attached hydrogen (secondary N) is 1. The van der Waals surface area contributed by atoms with Crippen molar-refractivity contribution in [3.63, 3.8) is 0 Å². The van der Waals surface area contributed by atoms with Gasteiger partial charge in [0, 0.05) is 11.3 Å². The second kappa shape index (κ2) is 3.73. The van der Waals surface area contributed by atoms with Gasteiger partial charge in [0.05, 0.1) is 5.69 Å². The maximum atomic E-state index is 11.3. The number of phenols is 1. The quantitative estimate of drug-likeness (QED) is 0.678. The van der Waals surface area contributed by atoms with Crippen LogP contribution in [0.5, 0.6) is 5.75 Å². The summed E-state index contributed by atoms with van der Waals surface area (Å²) >= 11 is 0. The van der Waals surface area contributed by atoms with Gasteiger partial charge < -0.3 is 15.8 Å². The third-order valence-electron chi connectivity index (χ3n) is 2.45. The highest BCUT2D eigenvalue weighted by atomic mass is 16.3. The van der Waals surface area contributed by atoms with Crippen molar-refractivity contribution in [3.05, 3.63) is 46.4 Å². The Morgan fingerprint density at radius 1 is 1.25 bits per heavy atom. The van der Waals surface area contributed by atoms with Crippen LogP contribution in [0.25, 0.3) is 11.1 Å². The Morgan fingerprint density at radius 3 is 2.50 bits per heavy atom. The molecule has 0 aliphatic carbocycles. The Hall–Kier alpha value is -2.23. The van der Waals surface area contributed by atoms with E-state index in [4.69, 9.17) is 5.73 Å². The Bertz CT molecular complexity index is 571. The molecular weight excluding hydrogens is 204 g/mol. The molecule has 0 bridgehead atoms. The molecule has 4 N–H and O–H groups in total. The van der Waals surface area contributed by atoms with Crippen LogP contribution >= 0.6 is 0 Å². The summed E-state index contributed by atoms with van der Waals surface area (Å²) < 4.78 is 0. The normalized spacial score (nSPS) is 10.3. The molecule has 2 rings (SSSR count). The largest absolute Gasteiger partial charge is 0.508 e. The van der Waals surface area contributed by atoms with Crippen molar-refractivity contribution < 1.29 is 5.11 Å². The number of aromatic hydroxyl groups is 1. The van der Waals surface area contributed by atoms with Gasteiger partial charge in [-0.1, -0.05) is 12.1 Å². The fourth-order valence-electron chi connectivity index (χ4n) is 1.58. The summed E-state index contributed by atoms with van der Waals surface area (Å²) in [4.78, 5) is 13.9. The first kappa shape index (κ1) is 10.3. The number of aryl methyl sites for hydroxylation is 1. The molecular formula is C12H12N2O2. The number of hydrogen-bond acceptors (Lipinski definition) is 3. The first-order chi connectivity index (χ1) is 7.58. The highest BCUT2D eigenvalue weighted by Gasteiger charge is 2.05. The lowest BCUT2D eigenvalue weighted by Gasteiger charge is -2.06. The molecule has 0 amide bonds. The van der Waals surface area contributed by atoms with Gasteiger partial charge in [0.15, 0.2) is 0 Å². The number of phenolic OH excluding ortho intramolecular Hbond substituents is 1. The molecule has 2 aromatic rings. The second-order valence-electron chi connectivity index (χ2n) is 3.64. The maximum Gasteiger partial charge on any atom is 0.271 e. The molecule has 1 aromatic carbocycles. The fourth-order valence-corrected chi connectivity index (χ4v) is 1.58. The topological polar surface area (TPSA) is 79.1 Å². The summed E-state index contributed by atoms with van der Waals surface area (Å²) in [5, 5.41) is 9.19. The Labute approximate surface area is 92.4 Å². The van der Waals surface area contributed by atoms with Crippen LogP contribution in [0.3, 0.4) is 0 Å². The fraction of sp³-hybridized carbons (Fsp3) is 0.0833. The number of aromatic amines is 1. The summed E-state index contributed by atoms with van der Waals surface area (Å²) in [7, 11) is 0. The van der Waals surface area contributed by atoms with Crippen molar-refractivity contribution in [1.82, 2.24) is 4.98 Å². The van der Waals surface area contributed by atoms with Crippen LogP contribution in [0, 0.1) is 6.92 Å². The van der Waals surface area contributed by atoms with Crippen LogP contribution in [-0.2, 0) is 0 Å². The number of aromatic nitrogens is 1. The maximum absolute atomic E-state index is 11.3. The minimum Gasteiger partial charge on any atom is -0.508 e. The third-order valence-corrected chi connectivity index (χ3v) is 2.45. The summed E-state index contributed by atoms with van der Waals surface area (Å²) in [6.45, 7) is 1.81. The SMILES string of the molecule is Cc1[nH]c(=O)c(N)cc1-c1ccc(O)cc1. The van der Waals surface area contributed by atoms with Gasteiger partial charge in [-0.3, -0.25) is 4.79 Å². The van der Waals surface area contributed by atoms with E-state index in [1.807, 2.05) is 6.92 Å². The highest BCUT2D eigenvalue weighted by Crippen LogP contribution is 2.24. The zero-order valence-electron chi connectivity index (χ0n) is 8.82. The number of anilines is 1. The van der Waals surface area contributed by atoms with E-state index in [2.05, 4.69) is 4.98 Å².